The molecule has 0 aliphatic rings. The van der Waals surface area contributed by atoms with Crippen LogP contribution in [0.15, 0.2) is 42.5 Å². The maximum Gasteiger partial charge on any atom is 0.0685 e. The van der Waals surface area contributed by atoms with Gasteiger partial charge in [0.2, 0.25) is 0 Å². The number of hydrogen-bond donors (Lipinski definition) is 2. The molecule has 0 amide bonds. The highest BCUT2D eigenvalue weighted by Gasteiger charge is 2.01. The lowest BCUT2D eigenvalue weighted by atomic mass is 10.1. The Bertz CT molecular complexity index is 549. The summed E-state index contributed by atoms with van der Waals surface area (Å²) in [6.45, 7) is 6.00. The van der Waals surface area contributed by atoms with Crippen molar-refractivity contribution in [2.24, 2.45) is 0 Å². The third kappa shape index (κ3) is 3.66. The van der Waals surface area contributed by atoms with Crippen molar-refractivity contribution in [2.75, 3.05) is 0 Å². The van der Waals surface area contributed by atoms with E-state index in [9.17, 15) is 5.11 Å². The summed E-state index contributed by atoms with van der Waals surface area (Å²) in [5.74, 6) is 0. The van der Waals surface area contributed by atoms with Crippen molar-refractivity contribution in [1.29, 1.82) is 0 Å². The molecule has 0 heterocycles. The number of aliphatic hydroxyl groups is 1. The van der Waals surface area contributed by atoms with Crippen LogP contribution >= 0.6 is 0 Å². The van der Waals surface area contributed by atoms with Crippen molar-refractivity contribution in [1.82, 2.24) is 5.32 Å². The van der Waals surface area contributed by atoms with Gasteiger partial charge >= 0.3 is 0 Å². The molecule has 0 aliphatic carbocycles. The van der Waals surface area contributed by atoms with Crippen molar-refractivity contribution < 1.29 is 5.11 Å². The molecule has 2 rings (SSSR count). The molecule has 2 N–H and O–H groups in total. The number of aliphatic hydroxyl groups excluding tert-OH is 1. The van der Waals surface area contributed by atoms with Crippen molar-refractivity contribution >= 4 is 0 Å². The quantitative estimate of drug-likeness (QED) is 0.860. The SMILES string of the molecule is Cc1ccc(CNCc2ccccc2CO)cc1C. The number of benzene rings is 2. The van der Waals surface area contributed by atoms with Crippen LogP contribution in [0.25, 0.3) is 0 Å². The number of nitrogens with one attached hydrogen (secondary N) is 1. The van der Waals surface area contributed by atoms with E-state index in [1.807, 2.05) is 18.2 Å². The fourth-order valence-corrected chi connectivity index (χ4v) is 2.14. The summed E-state index contributed by atoms with van der Waals surface area (Å²) < 4.78 is 0. The third-order valence-electron chi connectivity index (χ3n) is 3.50. The largest absolute Gasteiger partial charge is 0.392 e. The molecular formula is C17H21NO. The van der Waals surface area contributed by atoms with E-state index in [0.717, 1.165) is 24.2 Å². The Balaban J connectivity index is 1.94. The number of rotatable bonds is 5. The lowest BCUT2D eigenvalue weighted by Crippen LogP contribution is -2.14. The van der Waals surface area contributed by atoms with E-state index in [-0.39, 0.29) is 6.61 Å². The topological polar surface area (TPSA) is 32.3 Å². The second-order valence-electron chi connectivity index (χ2n) is 4.95. The fraction of sp³-hybridized carbons (Fsp3) is 0.294. The van der Waals surface area contributed by atoms with Crippen molar-refractivity contribution in [3.8, 4) is 0 Å². The second-order valence-corrected chi connectivity index (χ2v) is 4.95. The van der Waals surface area contributed by atoms with E-state index in [1.54, 1.807) is 0 Å². The van der Waals surface area contributed by atoms with Gasteiger partial charge < -0.3 is 10.4 Å². The number of aryl methyl sites for hydroxylation is 2. The van der Waals surface area contributed by atoms with Crippen LogP contribution in [0, 0.1) is 13.8 Å². The maximum atomic E-state index is 9.27. The molecule has 0 saturated heterocycles. The summed E-state index contributed by atoms with van der Waals surface area (Å²) in [5, 5.41) is 12.7. The van der Waals surface area contributed by atoms with E-state index in [4.69, 9.17) is 0 Å². The molecule has 0 radical (unpaired) electrons. The average Bonchev–Trinajstić information content (AvgIpc) is 2.43. The maximum absolute atomic E-state index is 9.27. The van der Waals surface area contributed by atoms with Gasteiger partial charge in [0, 0.05) is 13.1 Å². The summed E-state index contributed by atoms with van der Waals surface area (Å²) >= 11 is 0. The lowest BCUT2D eigenvalue weighted by Gasteiger charge is -2.10. The van der Waals surface area contributed by atoms with E-state index < -0.39 is 0 Å². The normalized spacial score (nSPS) is 10.7. The first-order valence-corrected chi connectivity index (χ1v) is 6.65. The Morgan fingerprint density at radius 2 is 1.63 bits per heavy atom. The van der Waals surface area contributed by atoms with Crippen LogP contribution in [-0.2, 0) is 19.7 Å². The fourth-order valence-electron chi connectivity index (χ4n) is 2.14. The van der Waals surface area contributed by atoms with Gasteiger partial charge in [-0.1, -0.05) is 42.5 Å². The molecule has 0 aliphatic heterocycles. The van der Waals surface area contributed by atoms with Crippen LogP contribution in [0.3, 0.4) is 0 Å². The molecule has 0 fully saturated rings. The van der Waals surface area contributed by atoms with Crippen molar-refractivity contribution in [3.63, 3.8) is 0 Å². The first-order chi connectivity index (χ1) is 9.20. The van der Waals surface area contributed by atoms with Gasteiger partial charge in [-0.3, -0.25) is 0 Å². The van der Waals surface area contributed by atoms with Gasteiger partial charge in [-0.15, -0.1) is 0 Å². The van der Waals surface area contributed by atoms with Crippen LogP contribution < -0.4 is 5.32 Å². The standard InChI is InChI=1S/C17H21NO/c1-13-7-8-15(9-14(13)2)10-18-11-16-5-3-4-6-17(16)12-19/h3-9,18-19H,10-12H2,1-2H3. The highest BCUT2D eigenvalue weighted by Crippen LogP contribution is 2.11. The average molecular weight is 255 g/mol. The van der Waals surface area contributed by atoms with Gasteiger partial charge in [-0.05, 0) is 41.7 Å². The Morgan fingerprint density at radius 1 is 0.895 bits per heavy atom. The van der Waals surface area contributed by atoms with Gasteiger partial charge in [0.05, 0.1) is 6.61 Å². The van der Waals surface area contributed by atoms with Crippen LogP contribution in [0.5, 0.6) is 0 Å². The molecule has 0 aromatic heterocycles. The van der Waals surface area contributed by atoms with E-state index >= 15 is 0 Å². The van der Waals surface area contributed by atoms with E-state index in [2.05, 4.69) is 43.4 Å². The van der Waals surface area contributed by atoms with Crippen LogP contribution in [0.2, 0.25) is 0 Å². The molecule has 100 valence electrons. The summed E-state index contributed by atoms with van der Waals surface area (Å²) in [5.41, 5.74) is 6.11. The van der Waals surface area contributed by atoms with E-state index in [1.165, 1.54) is 16.7 Å². The molecule has 0 unspecified atom stereocenters. The molecule has 0 spiro atoms. The summed E-state index contributed by atoms with van der Waals surface area (Å²) in [6, 6.07) is 14.5. The molecule has 2 aromatic carbocycles. The molecule has 0 bridgehead atoms. The highest BCUT2D eigenvalue weighted by atomic mass is 16.3. The highest BCUT2D eigenvalue weighted by molar-refractivity contribution is 5.30. The van der Waals surface area contributed by atoms with Gasteiger partial charge in [-0.2, -0.15) is 0 Å². The second kappa shape index (κ2) is 6.50. The van der Waals surface area contributed by atoms with Gasteiger partial charge in [0.1, 0.15) is 0 Å². The summed E-state index contributed by atoms with van der Waals surface area (Å²) in [6.07, 6.45) is 0. The minimum absolute atomic E-state index is 0.0987. The Labute approximate surface area is 115 Å². The smallest absolute Gasteiger partial charge is 0.0685 e. The monoisotopic (exact) mass is 255 g/mol. The molecule has 19 heavy (non-hydrogen) atoms. The van der Waals surface area contributed by atoms with E-state index in [0.29, 0.717) is 0 Å². The lowest BCUT2D eigenvalue weighted by molar-refractivity contribution is 0.280. The zero-order valence-corrected chi connectivity index (χ0v) is 11.6. The third-order valence-corrected chi connectivity index (χ3v) is 3.50. The van der Waals surface area contributed by atoms with Gasteiger partial charge in [0.15, 0.2) is 0 Å². The number of hydrogen-bond acceptors (Lipinski definition) is 2. The molecule has 0 atom stereocenters. The first-order valence-electron chi connectivity index (χ1n) is 6.65. The van der Waals surface area contributed by atoms with Gasteiger partial charge in [-0.25, -0.2) is 0 Å². The Kier molecular flexibility index (Phi) is 4.72. The molecule has 2 heteroatoms. The molecular weight excluding hydrogens is 234 g/mol. The summed E-state index contributed by atoms with van der Waals surface area (Å²) in [4.78, 5) is 0. The molecule has 2 nitrogen and oxygen atoms in total. The Hall–Kier alpha value is -1.64. The van der Waals surface area contributed by atoms with Crippen LogP contribution in [0.1, 0.15) is 27.8 Å². The zero-order chi connectivity index (χ0) is 13.7. The minimum Gasteiger partial charge on any atom is -0.392 e. The minimum atomic E-state index is 0.0987. The predicted octanol–water partition coefficient (Wildman–Crippen LogP) is 3.09. The van der Waals surface area contributed by atoms with Crippen LogP contribution in [-0.4, -0.2) is 5.11 Å². The molecule has 2 aromatic rings. The first kappa shape index (κ1) is 13.8. The van der Waals surface area contributed by atoms with Crippen molar-refractivity contribution in [2.45, 2.75) is 33.5 Å². The van der Waals surface area contributed by atoms with Gasteiger partial charge in [0.25, 0.3) is 0 Å². The predicted molar refractivity (Wildman–Crippen MR) is 78.8 cm³/mol. The zero-order valence-electron chi connectivity index (χ0n) is 11.6. The molecule has 0 saturated carbocycles. The summed E-state index contributed by atoms with van der Waals surface area (Å²) in [7, 11) is 0. The van der Waals surface area contributed by atoms with Crippen LogP contribution in [0.4, 0.5) is 0 Å². The van der Waals surface area contributed by atoms with Crippen molar-refractivity contribution in [3.05, 3.63) is 70.3 Å². The Morgan fingerprint density at radius 3 is 2.32 bits per heavy atom.